The number of hydrogen-bond donors (Lipinski definition) is 1. The van der Waals surface area contributed by atoms with Crippen LogP contribution < -0.4 is 10.1 Å². The number of ketones is 1. The highest BCUT2D eigenvalue weighted by molar-refractivity contribution is 6.04. The van der Waals surface area contributed by atoms with Gasteiger partial charge in [0, 0.05) is 41.7 Å². The average Bonchev–Trinajstić information content (AvgIpc) is 3.36. The number of nitrogens with one attached hydrogen (secondary N) is 1. The molecule has 0 bridgehead atoms. The lowest BCUT2D eigenvalue weighted by Gasteiger charge is -2.36. The molecule has 5 rings (SSSR count). The number of aromatic nitrogens is 1. The van der Waals surface area contributed by atoms with E-state index in [1.54, 1.807) is 19.5 Å². The van der Waals surface area contributed by atoms with Gasteiger partial charge in [0.15, 0.2) is 5.78 Å². The van der Waals surface area contributed by atoms with Gasteiger partial charge in [-0.1, -0.05) is 18.2 Å². The van der Waals surface area contributed by atoms with Crippen LogP contribution in [0.25, 0.3) is 0 Å². The molecule has 1 aromatic carbocycles. The first-order chi connectivity index (χ1) is 16.5. The first-order valence-electron chi connectivity index (χ1n) is 12.0. The van der Waals surface area contributed by atoms with Crippen LogP contribution in [0.3, 0.4) is 0 Å². The third-order valence-electron chi connectivity index (χ3n) is 7.23. The molecule has 1 aliphatic heterocycles. The summed E-state index contributed by atoms with van der Waals surface area (Å²) in [5.41, 5.74) is 4.77. The number of esters is 1. The Morgan fingerprint density at radius 1 is 1.06 bits per heavy atom. The van der Waals surface area contributed by atoms with Gasteiger partial charge in [-0.3, -0.25) is 9.78 Å². The van der Waals surface area contributed by atoms with Crippen molar-refractivity contribution in [3.8, 4) is 5.75 Å². The Labute approximate surface area is 200 Å². The summed E-state index contributed by atoms with van der Waals surface area (Å²) in [7, 11) is 1.64. The molecule has 0 saturated heterocycles. The minimum Gasteiger partial charge on any atom is -0.497 e. The lowest BCUT2D eigenvalue weighted by Crippen LogP contribution is -2.36. The molecule has 0 unspecified atom stereocenters. The molecule has 1 saturated carbocycles. The Morgan fingerprint density at radius 3 is 2.50 bits per heavy atom. The number of benzene rings is 1. The average molecular weight is 459 g/mol. The quantitative estimate of drug-likeness (QED) is 0.640. The van der Waals surface area contributed by atoms with Gasteiger partial charge in [-0.05, 0) is 74.3 Å². The molecule has 1 fully saturated rings. The SMILES string of the molecule is COc1ccc([C@H]2CC(=O)C3=C(C2)NC(C)=C(C(=O)OC2CCCC2)[C@H]3c2cccnc2)cc1. The van der Waals surface area contributed by atoms with E-state index in [-0.39, 0.29) is 23.8 Å². The molecule has 0 radical (unpaired) electrons. The normalized spacial score (nSPS) is 22.9. The third kappa shape index (κ3) is 4.25. The van der Waals surface area contributed by atoms with Crippen molar-refractivity contribution in [3.05, 3.63) is 82.5 Å². The predicted octanol–water partition coefficient (Wildman–Crippen LogP) is 4.94. The van der Waals surface area contributed by atoms with E-state index in [0.717, 1.165) is 54.0 Å². The number of rotatable bonds is 5. The first-order valence-corrected chi connectivity index (χ1v) is 12.0. The number of allylic oxidation sites excluding steroid dienone is 3. The lowest BCUT2D eigenvalue weighted by atomic mass is 9.72. The fourth-order valence-electron chi connectivity index (χ4n) is 5.52. The summed E-state index contributed by atoms with van der Waals surface area (Å²) in [5, 5.41) is 3.42. The van der Waals surface area contributed by atoms with Crippen molar-refractivity contribution in [1.29, 1.82) is 0 Å². The zero-order valence-electron chi connectivity index (χ0n) is 19.7. The molecule has 2 aromatic rings. The third-order valence-corrected chi connectivity index (χ3v) is 7.23. The second-order valence-corrected chi connectivity index (χ2v) is 9.39. The van der Waals surface area contributed by atoms with Crippen LogP contribution in [0.2, 0.25) is 0 Å². The van der Waals surface area contributed by atoms with Gasteiger partial charge in [0.05, 0.1) is 12.7 Å². The van der Waals surface area contributed by atoms with E-state index < -0.39 is 5.92 Å². The number of nitrogens with zero attached hydrogens (tertiary/aromatic N) is 1. The molecule has 1 N–H and O–H groups in total. The fraction of sp³-hybridized carbons (Fsp3) is 0.393. The molecule has 6 nitrogen and oxygen atoms in total. The van der Waals surface area contributed by atoms with Crippen LogP contribution in [0.15, 0.2) is 71.3 Å². The van der Waals surface area contributed by atoms with E-state index in [2.05, 4.69) is 10.3 Å². The van der Waals surface area contributed by atoms with Gasteiger partial charge in [0.2, 0.25) is 0 Å². The maximum atomic E-state index is 13.6. The molecule has 176 valence electrons. The molecule has 0 spiro atoms. The zero-order chi connectivity index (χ0) is 23.7. The van der Waals surface area contributed by atoms with E-state index in [1.807, 2.05) is 43.3 Å². The Bertz CT molecular complexity index is 1140. The Hall–Kier alpha value is -3.41. The van der Waals surface area contributed by atoms with Crippen molar-refractivity contribution in [3.63, 3.8) is 0 Å². The minimum absolute atomic E-state index is 0.0424. The summed E-state index contributed by atoms with van der Waals surface area (Å²) in [4.78, 5) is 31.3. The molecule has 3 aliphatic rings. The van der Waals surface area contributed by atoms with Crippen molar-refractivity contribution < 1.29 is 19.1 Å². The van der Waals surface area contributed by atoms with Crippen LogP contribution in [0.1, 0.15) is 68.4 Å². The van der Waals surface area contributed by atoms with Gasteiger partial charge in [0.1, 0.15) is 11.9 Å². The topological polar surface area (TPSA) is 77.5 Å². The molecular formula is C28H30N2O4. The van der Waals surface area contributed by atoms with Gasteiger partial charge >= 0.3 is 5.97 Å². The summed E-state index contributed by atoms with van der Waals surface area (Å²) >= 11 is 0. The molecular weight excluding hydrogens is 428 g/mol. The second kappa shape index (κ2) is 9.45. The van der Waals surface area contributed by atoms with Gasteiger partial charge < -0.3 is 14.8 Å². The van der Waals surface area contributed by atoms with Crippen molar-refractivity contribution in [2.45, 2.75) is 63.4 Å². The Morgan fingerprint density at radius 2 is 1.82 bits per heavy atom. The number of ether oxygens (including phenoxy) is 2. The highest BCUT2D eigenvalue weighted by Crippen LogP contribution is 2.46. The number of dihydropyridines is 1. The Kier molecular flexibility index (Phi) is 6.22. The van der Waals surface area contributed by atoms with Gasteiger partial charge in [-0.25, -0.2) is 4.79 Å². The Balaban J connectivity index is 1.50. The number of pyridine rings is 1. The van der Waals surface area contributed by atoms with Crippen molar-refractivity contribution in [2.24, 2.45) is 0 Å². The summed E-state index contributed by atoms with van der Waals surface area (Å²) in [6, 6.07) is 11.7. The highest BCUT2D eigenvalue weighted by atomic mass is 16.5. The largest absolute Gasteiger partial charge is 0.497 e. The van der Waals surface area contributed by atoms with Crippen molar-refractivity contribution in [1.82, 2.24) is 10.3 Å². The molecule has 2 aliphatic carbocycles. The maximum Gasteiger partial charge on any atom is 0.337 e. The van der Waals surface area contributed by atoms with E-state index in [4.69, 9.17) is 9.47 Å². The van der Waals surface area contributed by atoms with Gasteiger partial charge in [0.25, 0.3) is 0 Å². The van der Waals surface area contributed by atoms with Crippen LogP contribution in [0, 0.1) is 0 Å². The van der Waals surface area contributed by atoms with Crippen LogP contribution >= 0.6 is 0 Å². The van der Waals surface area contributed by atoms with Crippen LogP contribution in [-0.2, 0) is 14.3 Å². The zero-order valence-corrected chi connectivity index (χ0v) is 19.7. The number of carbonyl (C=O) groups is 2. The molecule has 2 atom stereocenters. The fourth-order valence-corrected chi connectivity index (χ4v) is 5.52. The number of methoxy groups -OCH3 is 1. The molecule has 0 amide bonds. The monoisotopic (exact) mass is 458 g/mol. The first kappa shape index (κ1) is 22.4. The van der Waals surface area contributed by atoms with Gasteiger partial charge in [-0.2, -0.15) is 0 Å². The predicted molar refractivity (Wildman–Crippen MR) is 128 cm³/mol. The number of Topliss-reactive ketones (excluding diaryl/α,β-unsaturated/α-hetero) is 1. The summed E-state index contributed by atoms with van der Waals surface area (Å²) in [6.07, 6.45) is 8.48. The lowest BCUT2D eigenvalue weighted by molar-refractivity contribution is -0.144. The van der Waals surface area contributed by atoms with Gasteiger partial charge in [-0.15, -0.1) is 0 Å². The smallest absolute Gasteiger partial charge is 0.337 e. The summed E-state index contributed by atoms with van der Waals surface area (Å²) < 4.78 is 11.2. The van der Waals surface area contributed by atoms with E-state index >= 15 is 0 Å². The van der Waals surface area contributed by atoms with E-state index in [9.17, 15) is 9.59 Å². The molecule has 34 heavy (non-hydrogen) atoms. The standard InChI is InChI=1S/C28H30N2O4/c1-17-25(28(32)34-22-7-3-4-8-22)26(19-6-5-13-29-16-19)27-23(30-17)14-20(15-24(27)31)18-9-11-21(33-2)12-10-18/h5-6,9-13,16,20,22,26,30H,3-4,7-8,14-15H2,1-2H3/t20-,26-/m1/s1. The number of hydrogen-bond acceptors (Lipinski definition) is 6. The highest BCUT2D eigenvalue weighted by Gasteiger charge is 2.42. The second-order valence-electron chi connectivity index (χ2n) is 9.39. The van der Waals surface area contributed by atoms with Crippen molar-refractivity contribution >= 4 is 11.8 Å². The summed E-state index contributed by atoms with van der Waals surface area (Å²) in [5.74, 6) is 0.119. The molecule has 6 heteroatoms. The molecule has 1 aromatic heterocycles. The van der Waals surface area contributed by atoms with Crippen molar-refractivity contribution in [2.75, 3.05) is 7.11 Å². The minimum atomic E-state index is -0.469. The van der Waals surface area contributed by atoms with Crippen LogP contribution in [-0.4, -0.2) is 30.0 Å². The molecule has 2 heterocycles. The van der Waals surface area contributed by atoms with E-state index in [0.29, 0.717) is 24.0 Å². The summed E-state index contributed by atoms with van der Waals surface area (Å²) in [6.45, 7) is 1.90. The van der Waals surface area contributed by atoms with Crippen LogP contribution in [0.4, 0.5) is 0 Å². The van der Waals surface area contributed by atoms with E-state index in [1.165, 1.54) is 0 Å². The maximum absolute atomic E-state index is 13.6. The van der Waals surface area contributed by atoms with Crippen LogP contribution in [0.5, 0.6) is 5.75 Å². The number of carbonyl (C=O) groups excluding carboxylic acids is 2.